The maximum absolute atomic E-state index is 9.25. The van der Waals surface area contributed by atoms with Crippen molar-refractivity contribution in [2.75, 3.05) is 13.7 Å². The summed E-state index contributed by atoms with van der Waals surface area (Å²) in [6, 6.07) is 11.8. The van der Waals surface area contributed by atoms with Gasteiger partial charge in [0.2, 0.25) is 0 Å². The molecule has 1 aromatic carbocycles. The molecule has 20 heavy (non-hydrogen) atoms. The quantitative estimate of drug-likeness (QED) is 0.824. The van der Waals surface area contributed by atoms with Crippen molar-refractivity contribution in [1.82, 2.24) is 0 Å². The molecule has 3 rings (SSSR count). The van der Waals surface area contributed by atoms with Crippen LogP contribution in [0.1, 0.15) is 11.9 Å². The first-order valence-corrected chi connectivity index (χ1v) is 6.44. The number of hydrogen-bond donors (Lipinski definition) is 0. The number of benzene rings is 1. The summed E-state index contributed by atoms with van der Waals surface area (Å²) in [6.45, 7) is 0.364. The van der Waals surface area contributed by atoms with Crippen molar-refractivity contribution in [3.8, 4) is 6.07 Å². The van der Waals surface area contributed by atoms with Gasteiger partial charge in [0, 0.05) is 12.7 Å². The zero-order valence-electron chi connectivity index (χ0n) is 11.1. The second-order valence-corrected chi connectivity index (χ2v) is 4.65. The minimum Gasteiger partial charge on any atom is -0.352 e. The Balaban J connectivity index is 1.81. The molecule has 104 valence electrons. The van der Waals surface area contributed by atoms with Gasteiger partial charge >= 0.3 is 0 Å². The maximum Gasteiger partial charge on any atom is 0.184 e. The fourth-order valence-electron chi connectivity index (χ4n) is 2.38. The van der Waals surface area contributed by atoms with E-state index >= 15 is 0 Å². The number of fused-ring (bicyclic) bond motifs is 1. The molecule has 0 saturated carbocycles. The molecule has 4 atom stereocenters. The lowest BCUT2D eigenvalue weighted by molar-refractivity contribution is -0.283. The normalized spacial score (nSPS) is 32.9. The van der Waals surface area contributed by atoms with Gasteiger partial charge in [-0.05, 0) is 6.08 Å². The van der Waals surface area contributed by atoms with Crippen molar-refractivity contribution >= 4 is 0 Å². The zero-order valence-corrected chi connectivity index (χ0v) is 11.1. The standard InChI is InChI=1S/C15H15NO4/c1-17-13-7-11(8-16)14-12(19-13)9-18-15(20-14)10-5-3-2-4-6-10/h2-7,12-15H,9H2,1H3/t12-,13+,14+,15-/m1/s1. The van der Waals surface area contributed by atoms with E-state index in [9.17, 15) is 5.26 Å². The van der Waals surface area contributed by atoms with E-state index in [0.29, 0.717) is 12.2 Å². The summed E-state index contributed by atoms with van der Waals surface area (Å²) in [6.07, 6.45) is -0.0812. The van der Waals surface area contributed by atoms with Crippen LogP contribution in [-0.4, -0.2) is 32.2 Å². The summed E-state index contributed by atoms with van der Waals surface area (Å²) >= 11 is 0. The summed E-state index contributed by atoms with van der Waals surface area (Å²) in [5, 5.41) is 9.25. The van der Waals surface area contributed by atoms with Gasteiger partial charge in [-0.2, -0.15) is 5.26 Å². The molecule has 0 aliphatic carbocycles. The Kier molecular flexibility index (Phi) is 3.81. The minimum atomic E-state index is -0.522. The highest BCUT2D eigenvalue weighted by Crippen LogP contribution is 2.33. The SMILES string of the molecule is CO[C@@H]1C=C(C#N)[C@@H]2O[C@H](c3ccccc3)OC[C@H]2O1. The highest BCUT2D eigenvalue weighted by atomic mass is 16.7. The van der Waals surface area contributed by atoms with Crippen molar-refractivity contribution in [3.63, 3.8) is 0 Å². The van der Waals surface area contributed by atoms with E-state index in [1.165, 1.54) is 7.11 Å². The van der Waals surface area contributed by atoms with Crippen molar-refractivity contribution in [2.45, 2.75) is 24.8 Å². The first kappa shape index (κ1) is 13.3. The molecule has 0 radical (unpaired) electrons. The fraction of sp³-hybridized carbons (Fsp3) is 0.400. The monoisotopic (exact) mass is 273 g/mol. The van der Waals surface area contributed by atoms with Gasteiger partial charge in [0.25, 0.3) is 0 Å². The molecule has 1 aromatic rings. The van der Waals surface area contributed by atoms with Crippen LogP contribution in [0.25, 0.3) is 0 Å². The molecule has 2 aliphatic heterocycles. The van der Waals surface area contributed by atoms with Crippen LogP contribution in [0, 0.1) is 11.3 Å². The molecule has 0 N–H and O–H groups in total. The van der Waals surface area contributed by atoms with Gasteiger partial charge in [0.05, 0.1) is 18.2 Å². The van der Waals surface area contributed by atoms with Gasteiger partial charge in [0.15, 0.2) is 12.6 Å². The highest BCUT2D eigenvalue weighted by Gasteiger charge is 2.40. The van der Waals surface area contributed by atoms with Crippen LogP contribution >= 0.6 is 0 Å². The number of rotatable bonds is 2. The van der Waals surface area contributed by atoms with Crippen LogP contribution < -0.4 is 0 Å². The summed E-state index contributed by atoms with van der Waals surface area (Å²) in [5.41, 5.74) is 1.45. The lowest BCUT2D eigenvalue weighted by Gasteiger charge is -2.39. The molecule has 0 amide bonds. The maximum atomic E-state index is 9.25. The predicted molar refractivity (Wildman–Crippen MR) is 69.4 cm³/mol. The van der Waals surface area contributed by atoms with Crippen LogP contribution in [0.5, 0.6) is 0 Å². The third kappa shape index (κ3) is 2.47. The summed E-state index contributed by atoms with van der Waals surface area (Å²) in [7, 11) is 1.54. The molecule has 0 spiro atoms. The summed E-state index contributed by atoms with van der Waals surface area (Å²) < 4.78 is 22.3. The minimum absolute atomic E-state index is 0.320. The number of ether oxygens (including phenoxy) is 4. The molecule has 2 heterocycles. The van der Waals surface area contributed by atoms with Gasteiger partial charge in [-0.1, -0.05) is 30.3 Å². The van der Waals surface area contributed by atoms with Gasteiger partial charge in [0.1, 0.15) is 12.2 Å². The molecule has 0 bridgehead atoms. The summed E-state index contributed by atoms with van der Waals surface area (Å²) in [4.78, 5) is 0. The first-order chi connectivity index (χ1) is 9.81. The topological polar surface area (TPSA) is 60.7 Å². The van der Waals surface area contributed by atoms with Crippen LogP contribution in [0.15, 0.2) is 42.0 Å². The summed E-state index contributed by atoms with van der Waals surface area (Å²) in [5.74, 6) is 0. The fourth-order valence-corrected chi connectivity index (χ4v) is 2.38. The van der Waals surface area contributed by atoms with Crippen LogP contribution in [0.2, 0.25) is 0 Å². The Morgan fingerprint density at radius 2 is 2.05 bits per heavy atom. The predicted octanol–water partition coefficient (Wildman–Crippen LogP) is 1.92. The van der Waals surface area contributed by atoms with Crippen LogP contribution in [0.3, 0.4) is 0 Å². The second kappa shape index (κ2) is 5.73. The molecule has 2 aliphatic rings. The van der Waals surface area contributed by atoms with Gasteiger partial charge < -0.3 is 18.9 Å². The zero-order chi connectivity index (χ0) is 13.9. The van der Waals surface area contributed by atoms with Crippen molar-refractivity contribution in [1.29, 1.82) is 5.26 Å². The average Bonchev–Trinajstić information content (AvgIpc) is 2.54. The largest absolute Gasteiger partial charge is 0.352 e. The molecule has 0 unspecified atom stereocenters. The molecule has 5 heteroatoms. The lowest BCUT2D eigenvalue weighted by Crippen LogP contribution is -2.47. The van der Waals surface area contributed by atoms with E-state index in [0.717, 1.165) is 5.56 Å². The van der Waals surface area contributed by atoms with E-state index in [1.54, 1.807) is 6.08 Å². The second-order valence-electron chi connectivity index (χ2n) is 4.65. The molecule has 1 saturated heterocycles. The van der Waals surface area contributed by atoms with Crippen molar-refractivity contribution in [2.24, 2.45) is 0 Å². The Morgan fingerprint density at radius 1 is 1.25 bits per heavy atom. The van der Waals surface area contributed by atoms with Crippen molar-refractivity contribution in [3.05, 3.63) is 47.5 Å². The molecular formula is C15H15NO4. The number of hydrogen-bond acceptors (Lipinski definition) is 5. The van der Waals surface area contributed by atoms with Gasteiger partial charge in [-0.25, -0.2) is 0 Å². The Bertz CT molecular complexity index is 537. The third-order valence-electron chi connectivity index (χ3n) is 3.38. The number of methoxy groups -OCH3 is 1. The molecule has 1 fully saturated rings. The Morgan fingerprint density at radius 3 is 2.75 bits per heavy atom. The number of nitrogens with zero attached hydrogens (tertiary/aromatic N) is 1. The van der Waals surface area contributed by atoms with Crippen LogP contribution in [-0.2, 0) is 18.9 Å². The van der Waals surface area contributed by atoms with E-state index in [2.05, 4.69) is 6.07 Å². The Labute approximate surface area is 117 Å². The number of nitriles is 1. The van der Waals surface area contributed by atoms with E-state index in [1.807, 2.05) is 30.3 Å². The smallest absolute Gasteiger partial charge is 0.184 e. The van der Waals surface area contributed by atoms with Crippen molar-refractivity contribution < 1.29 is 18.9 Å². The van der Waals surface area contributed by atoms with Gasteiger partial charge in [-0.15, -0.1) is 0 Å². The highest BCUT2D eigenvalue weighted by molar-refractivity contribution is 5.30. The molecule has 5 nitrogen and oxygen atoms in total. The van der Waals surface area contributed by atoms with E-state index < -0.39 is 18.7 Å². The van der Waals surface area contributed by atoms with E-state index in [4.69, 9.17) is 18.9 Å². The average molecular weight is 273 g/mol. The van der Waals surface area contributed by atoms with E-state index in [-0.39, 0.29) is 6.10 Å². The third-order valence-corrected chi connectivity index (χ3v) is 3.38. The molecule has 0 aromatic heterocycles. The lowest BCUT2D eigenvalue weighted by atomic mass is 10.0. The Hall–Kier alpha value is -1.71. The van der Waals surface area contributed by atoms with Gasteiger partial charge in [-0.3, -0.25) is 0 Å². The first-order valence-electron chi connectivity index (χ1n) is 6.44. The van der Waals surface area contributed by atoms with Crippen LogP contribution in [0.4, 0.5) is 0 Å². The molecular weight excluding hydrogens is 258 g/mol.